The number of imide groups is 1. The summed E-state index contributed by atoms with van der Waals surface area (Å²) in [6, 6.07) is 6.58. The molecular weight excluding hydrogens is 260 g/mol. The third kappa shape index (κ3) is 2.55. The van der Waals surface area contributed by atoms with Gasteiger partial charge in [-0.05, 0) is 25.5 Å². The summed E-state index contributed by atoms with van der Waals surface area (Å²) < 4.78 is 0. The normalized spacial score (nSPS) is 18.7. The molecule has 1 fully saturated rings. The lowest BCUT2D eigenvalue weighted by Gasteiger charge is -2.40. The van der Waals surface area contributed by atoms with Crippen LogP contribution in [0.15, 0.2) is 24.3 Å². The molecule has 2 amide bonds. The number of aromatic carboxylic acids is 1. The third-order valence-electron chi connectivity index (χ3n) is 3.54. The van der Waals surface area contributed by atoms with E-state index in [2.05, 4.69) is 5.32 Å². The van der Waals surface area contributed by atoms with Crippen molar-refractivity contribution in [3.8, 4) is 0 Å². The Morgan fingerprint density at radius 2 is 2.00 bits per heavy atom. The lowest BCUT2D eigenvalue weighted by molar-refractivity contribution is -0.145. The number of hydrogen-bond donors (Lipinski definition) is 2. The Bertz CT molecular complexity index is 580. The number of carbonyl (C=O) groups is 3. The summed E-state index contributed by atoms with van der Waals surface area (Å²) in [7, 11) is 0. The van der Waals surface area contributed by atoms with Crippen molar-refractivity contribution in [1.82, 2.24) is 10.2 Å². The molecule has 1 aromatic rings. The van der Waals surface area contributed by atoms with Crippen molar-refractivity contribution in [2.75, 3.05) is 6.54 Å². The minimum Gasteiger partial charge on any atom is -0.478 e. The Morgan fingerprint density at radius 1 is 1.35 bits per heavy atom. The van der Waals surface area contributed by atoms with Crippen molar-refractivity contribution in [3.05, 3.63) is 35.4 Å². The maximum Gasteiger partial charge on any atom is 0.336 e. The first-order valence-electron chi connectivity index (χ1n) is 6.23. The molecule has 1 aliphatic heterocycles. The summed E-state index contributed by atoms with van der Waals surface area (Å²) in [6.07, 6.45) is 0. The molecule has 20 heavy (non-hydrogen) atoms. The molecule has 1 aliphatic rings. The van der Waals surface area contributed by atoms with E-state index in [4.69, 9.17) is 5.11 Å². The Kier molecular flexibility index (Phi) is 3.59. The summed E-state index contributed by atoms with van der Waals surface area (Å²) in [5.41, 5.74) is -0.100. The molecule has 1 saturated heterocycles. The van der Waals surface area contributed by atoms with Gasteiger partial charge in [0, 0.05) is 6.54 Å². The number of amides is 2. The molecule has 6 nitrogen and oxygen atoms in total. The molecule has 1 heterocycles. The van der Waals surface area contributed by atoms with Crippen LogP contribution in [0, 0.1) is 0 Å². The molecule has 1 aromatic carbocycles. The van der Waals surface area contributed by atoms with Crippen LogP contribution < -0.4 is 5.32 Å². The molecular formula is C14H16N2O4. The zero-order chi connectivity index (χ0) is 14.9. The van der Waals surface area contributed by atoms with Crippen LogP contribution >= 0.6 is 0 Å². The number of piperazine rings is 1. The van der Waals surface area contributed by atoms with Gasteiger partial charge in [-0.25, -0.2) is 4.79 Å². The summed E-state index contributed by atoms with van der Waals surface area (Å²) in [6.45, 7) is 3.71. The largest absolute Gasteiger partial charge is 0.478 e. The SMILES string of the molecule is CC1(C)C(=O)NC(=O)CN1Cc1ccccc1C(=O)O. The molecule has 0 spiro atoms. The number of carboxylic acids is 1. The number of rotatable bonds is 3. The van der Waals surface area contributed by atoms with Gasteiger partial charge in [0.25, 0.3) is 0 Å². The lowest BCUT2D eigenvalue weighted by atomic mass is 9.96. The van der Waals surface area contributed by atoms with Crippen molar-refractivity contribution >= 4 is 17.8 Å². The highest BCUT2D eigenvalue weighted by Gasteiger charge is 2.40. The molecule has 0 aromatic heterocycles. The summed E-state index contributed by atoms with van der Waals surface area (Å²) in [5, 5.41) is 11.5. The Hall–Kier alpha value is -2.21. The quantitative estimate of drug-likeness (QED) is 0.790. The number of benzene rings is 1. The van der Waals surface area contributed by atoms with Crippen LogP contribution in [-0.2, 0) is 16.1 Å². The van der Waals surface area contributed by atoms with E-state index < -0.39 is 11.5 Å². The molecule has 0 atom stereocenters. The highest BCUT2D eigenvalue weighted by atomic mass is 16.4. The second-order valence-corrected chi connectivity index (χ2v) is 5.25. The van der Waals surface area contributed by atoms with Gasteiger partial charge in [-0.1, -0.05) is 18.2 Å². The molecule has 0 saturated carbocycles. The van der Waals surface area contributed by atoms with E-state index in [9.17, 15) is 14.4 Å². The second kappa shape index (κ2) is 5.05. The Morgan fingerprint density at radius 3 is 2.65 bits per heavy atom. The van der Waals surface area contributed by atoms with E-state index >= 15 is 0 Å². The van der Waals surface area contributed by atoms with Crippen molar-refractivity contribution in [2.24, 2.45) is 0 Å². The maximum absolute atomic E-state index is 11.9. The highest BCUT2D eigenvalue weighted by Crippen LogP contribution is 2.22. The fourth-order valence-electron chi connectivity index (χ4n) is 2.16. The third-order valence-corrected chi connectivity index (χ3v) is 3.54. The fourth-order valence-corrected chi connectivity index (χ4v) is 2.16. The second-order valence-electron chi connectivity index (χ2n) is 5.25. The molecule has 6 heteroatoms. The van der Waals surface area contributed by atoms with Crippen LogP contribution in [0.4, 0.5) is 0 Å². The van der Waals surface area contributed by atoms with Gasteiger partial charge in [0.2, 0.25) is 11.8 Å². The van der Waals surface area contributed by atoms with E-state index in [1.807, 2.05) is 0 Å². The van der Waals surface area contributed by atoms with E-state index in [0.29, 0.717) is 5.56 Å². The fraction of sp³-hybridized carbons (Fsp3) is 0.357. The average molecular weight is 276 g/mol. The average Bonchev–Trinajstić information content (AvgIpc) is 2.36. The lowest BCUT2D eigenvalue weighted by Crippen LogP contribution is -2.63. The van der Waals surface area contributed by atoms with Gasteiger partial charge < -0.3 is 5.11 Å². The zero-order valence-corrected chi connectivity index (χ0v) is 11.3. The van der Waals surface area contributed by atoms with E-state index in [1.54, 1.807) is 36.9 Å². The molecule has 0 unspecified atom stereocenters. The predicted octanol–water partition coefficient (Wildman–Crippen LogP) is 0.622. The van der Waals surface area contributed by atoms with Gasteiger partial charge in [0.05, 0.1) is 17.6 Å². The minimum atomic E-state index is -1.02. The molecule has 106 valence electrons. The smallest absolute Gasteiger partial charge is 0.336 e. The number of carboxylic acid groups (broad SMARTS) is 1. The van der Waals surface area contributed by atoms with Crippen LogP contribution in [0.25, 0.3) is 0 Å². The molecule has 0 radical (unpaired) electrons. The van der Waals surface area contributed by atoms with Crippen molar-refractivity contribution in [1.29, 1.82) is 0 Å². The van der Waals surface area contributed by atoms with Crippen LogP contribution in [0.1, 0.15) is 29.8 Å². The van der Waals surface area contributed by atoms with Gasteiger partial charge in [-0.2, -0.15) is 0 Å². The molecule has 0 aliphatic carbocycles. The highest BCUT2D eigenvalue weighted by molar-refractivity contribution is 6.03. The summed E-state index contributed by atoms with van der Waals surface area (Å²) in [4.78, 5) is 36.2. The van der Waals surface area contributed by atoms with Gasteiger partial charge >= 0.3 is 5.97 Å². The van der Waals surface area contributed by atoms with Crippen LogP contribution in [0.3, 0.4) is 0 Å². The predicted molar refractivity (Wildman–Crippen MR) is 71.0 cm³/mol. The number of nitrogens with one attached hydrogen (secondary N) is 1. The monoisotopic (exact) mass is 276 g/mol. The molecule has 2 rings (SSSR count). The number of nitrogens with zero attached hydrogens (tertiary/aromatic N) is 1. The molecule has 2 N–H and O–H groups in total. The van der Waals surface area contributed by atoms with Gasteiger partial charge in [-0.3, -0.25) is 19.8 Å². The summed E-state index contributed by atoms with van der Waals surface area (Å²) >= 11 is 0. The number of hydrogen-bond acceptors (Lipinski definition) is 4. The van der Waals surface area contributed by atoms with Crippen LogP contribution in [0.5, 0.6) is 0 Å². The van der Waals surface area contributed by atoms with Gasteiger partial charge in [0.1, 0.15) is 0 Å². The minimum absolute atomic E-state index is 0.0622. The number of carbonyl (C=O) groups excluding carboxylic acids is 2. The Balaban J connectivity index is 2.31. The zero-order valence-electron chi connectivity index (χ0n) is 11.3. The first-order chi connectivity index (χ1) is 9.32. The van der Waals surface area contributed by atoms with Crippen molar-refractivity contribution < 1.29 is 19.5 Å². The summed E-state index contributed by atoms with van der Waals surface area (Å²) in [5.74, 6) is -1.77. The Labute approximate surface area is 116 Å². The molecule has 0 bridgehead atoms. The van der Waals surface area contributed by atoms with E-state index in [0.717, 1.165) is 0 Å². The standard InChI is InChI=1S/C14H16N2O4/c1-14(2)13(20)15-11(17)8-16(14)7-9-5-3-4-6-10(9)12(18)19/h3-6H,7-8H2,1-2H3,(H,18,19)(H,15,17,20). The first-order valence-corrected chi connectivity index (χ1v) is 6.23. The van der Waals surface area contributed by atoms with Crippen LogP contribution in [-0.4, -0.2) is 39.9 Å². The van der Waals surface area contributed by atoms with Crippen molar-refractivity contribution in [3.63, 3.8) is 0 Å². The topological polar surface area (TPSA) is 86.7 Å². The van der Waals surface area contributed by atoms with Gasteiger partial charge in [0.15, 0.2) is 0 Å². The van der Waals surface area contributed by atoms with E-state index in [1.165, 1.54) is 6.07 Å². The van der Waals surface area contributed by atoms with Crippen LogP contribution in [0.2, 0.25) is 0 Å². The van der Waals surface area contributed by atoms with Crippen molar-refractivity contribution in [2.45, 2.75) is 25.9 Å². The van der Waals surface area contributed by atoms with Gasteiger partial charge in [-0.15, -0.1) is 0 Å². The first kappa shape index (κ1) is 14.2. The maximum atomic E-state index is 11.9. The van der Waals surface area contributed by atoms with E-state index in [-0.39, 0.29) is 30.5 Å².